The molecule has 0 amide bonds. The van der Waals surface area contributed by atoms with Crippen LogP contribution in [0.2, 0.25) is 0 Å². The molecule has 0 spiro atoms. The lowest BCUT2D eigenvalue weighted by atomic mass is 9.95. The van der Waals surface area contributed by atoms with Gasteiger partial charge in [-0.05, 0) is 19.1 Å². The van der Waals surface area contributed by atoms with Gasteiger partial charge in [-0.2, -0.15) is 0 Å². The summed E-state index contributed by atoms with van der Waals surface area (Å²) in [5.41, 5.74) is 3.72. The van der Waals surface area contributed by atoms with Crippen LogP contribution in [-0.4, -0.2) is 15.9 Å². The summed E-state index contributed by atoms with van der Waals surface area (Å²) in [7, 11) is 0. The van der Waals surface area contributed by atoms with E-state index in [2.05, 4.69) is 4.98 Å². The predicted octanol–water partition coefficient (Wildman–Crippen LogP) is 5.15. The summed E-state index contributed by atoms with van der Waals surface area (Å²) in [6.45, 7) is 1.96. The van der Waals surface area contributed by atoms with Crippen molar-refractivity contribution in [2.45, 2.75) is 6.92 Å². The molecule has 1 N–H and O–H groups in total. The topological polar surface area (TPSA) is 50.2 Å². The standard InChI is InChI=1S/C23H17NO2/c1-15-12-13-19-18(14-15)20(22(25)17-10-6-3-7-11-17)23(26)21(24-19)16-8-4-2-5-9-16/h2-14,26H,1H3. The van der Waals surface area contributed by atoms with Gasteiger partial charge in [0, 0.05) is 16.5 Å². The maximum absolute atomic E-state index is 13.2. The Morgan fingerprint density at radius 1 is 0.885 bits per heavy atom. The summed E-state index contributed by atoms with van der Waals surface area (Å²) in [6.07, 6.45) is 0. The first-order valence-electron chi connectivity index (χ1n) is 8.43. The largest absolute Gasteiger partial charge is 0.505 e. The Kier molecular flexibility index (Phi) is 3.98. The molecule has 126 valence electrons. The predicted molar refractivity (Wildman–Crippen MR) is 103 cm³/mol. The van der Waals surface area contributed by atoms with E-state index in [0.29, 0.717) is 27.7 Å². The third kappa shape index (κ3) is 2.74. The van der Waals surface area contributed by atoms with E-state index in [4.69, 9.17) is 0 Å². The fourth-order valence-corrected chi connectivity index (χ4v) is 3.13. The molecule has 0 aliphatic heterocycles. The summed E-state index contributed by atoms with van der Waals surface area (Å²) in [5.74, 6) is -0.290. The Morgan fingerprint density at radius 3 is 2.23 bits per heavy atom. The molecule has 0 bridgehead atoms. The molecule has 3 nitrogen and oxygen atoms in total. The van der Waals surface area contributed by atoms with Gasteiger partial charge in [0.15, 0.2) is 11.5 Å². The number of hydrogen-bond acceptors (Lipinski definition) is 3. The molecule has 0 aliphatic rings. The molecule has 4 aromatic rings. The van der Waals surface area contributed by atoms with Crippen molar-refractivity contribution in [3.8, 4) is 17.0 Å². The van der Waals surface area contributed by atoms with Gasteiger partial charge in [0.25, 0.3) is 0 Å². The molecular weight excluding hydrogens is 322 g/mol. The van der Waals surface area contributed by atoms with Gasteiger partial charge in [-0.1, -0.05) is 72.3 Å². The molecule has 26 heavy (non-hydrogen) atoms. The van der Waals surface area contributed by atoms with E-state index < -0.39 is 0 Å². The summed E-state index contributed by atoms with van der Waals surface area (Å²) in [5, 5.41) is 11.6. The third-order valence-corrected chi connectivity index (χ3v) is 4.43. The number of benzene rings is 3. The molecule has 3 heteroatoms. The van der Waals surface area contributed by atoms with Crippen molar-refractivity contribution in [1.29, 1.82) is 0 Å². The number of aryl methyl sites for hydroxylation is 1. The van der Waals surface area contributed by atoms with Gasteiger partial charge in [-0.15, -0.1) is 0 Å². The SMILES string of the molecule is Cc1ccc2nc(-c3ccccc3)c(O)c(C(=O)c3ccccc3)c2c1. The van der Waals surface area contributed by atoms with Crippen LogP contribution in [0.25, 0.3) is 22.2 Å². The maximum atomic E-state index is 13.2. The molecule has 0 radical (unpaired) electrons. The van der Waals surface area contributed by atoms with Crippen LogP contribution in [0.5, 0.6) is 5.75 Å². The highest BCUT2D eigenvalue weighted by atomic mass is 16.3. The van der Waals surface area contributed by atoms with Crippen molar-refractivity contribution in [3.63, 3.8) is 0 Å². The van der Waals surface area contributed by atoms with Crippen molar-refractivity contribution in [2.75, 3.05) is 0 Å². The van der Waals surface area contributed by atoms with Crippen molar-refractivity contribution < 1.29 is 9.90 Å². The molecule has 0 saturated carbocycles. The lowest BCUT2D eigenvalue weighted by molar-refractivity contribution is 0.103. The molecular formula is C23H17NO2. The third-order valence-electron chi connectivity index (χ3n) is 4.43. The first-order chi connectivity index (χ1) is 12.6. The van der Waals surface area contributed by atoms with Gasteiger partial charge in [-0.3, -0.25) is 4.79 Å². The Hall–Kier alpha value is -3.46. The lowest BCUT2D eigenvalue weighted by Gasteiger charge is -2.13. The highest BCUT2D eigenvalue weighted by Crippen LogP contribution is 2.36. The summed E-state index contributed by atoms with van der Waals surface area (Å²) in [6, 6.07) is 24.2. The van der Waals surface area contributed by atoms with Gasteiger partial charge >= 0.3 is 0 Å². The zero-order valence-electron chi connectivity index (χ0n) is 14.3. The first kappa shape index (κ1) is 16.0. The van der Waals surface area contributed by atoms with Gasteiger partial charge < -0.3 is 5.11 Å². The number of aromatic hydroxyl groups is 1. The molecule has 0 aliphatic carbocycles. The van der Waals surface area contributed by atoms with Crippen molar-refractivity contribution in [2.24, 2.45) is 0 Å². The Morgan fingerprint density at radius 2 is 1.54 bits per heavy atom. The van der Waals surface area contributed by atoms with E-state index in [1.54, 1.807) is 12.1 Å². The van der Waals surface area contributed by atoms with Gasteiger partial charge in [0.1, 0.15) is 5.69 Å². The van der Waals surface area contributed by atoms with Crippen molar-refractivity contribution >= 4 is 16.7 Å². The zero-order chi connectivity index (χ0) is 18.1. The average molecular weight is 339 g/mol. The van der Waals surface area contributed by atoms with Crippen LogP contribution >= 0.6 is 0 Å². The molecule has 3 aromatic carbocycles. The second kappa shape index (κ2) is 6.45. The highest BCUT2D eigenvalue weighted by Gasteiger charge is 2.22. The number of ketones is 1. The van der Waals surface area contributed by atoms with Crippen LogP contribution in [0, 0.1) is 6.92 Å². The minimum atomic E-state index is -0.210. The van der Waals surface area contributed by atoms with E-state index in [1.165, 1.54) is 0 Å². The maximum Gasteiger partial charge on any atom is 0.197 e. The lowest BCUT2D eigenvalue weighted by Crippen LogP contribution is -2.05. The Labute approximate surface area is 151 Å². The van der Waals surface area contributed by atoms with Crippen LogP contribution in [-0.2, 0) is 0 Å². The molecule has 0 fully saturated rings. The second-order valence-corrected chi connectivity index (χ2v) is 6.27. The van der Waals surface area contributed by atoms with Crippen LogP contribution in [0.4, 0.5) is 0 Å². The molecule has 0 unspecified atom stereocenters. The number of pyridine rings is 1. The van der Waals surface area contributed by atoms with E-state index >= 15 is 0 Å². The van der Waals surface area contributed by atoms with E-state index in [9.17, 15) is 9.90 Å². The zero-order valence-corrected chi connectivity index (χ0v) is 14.3. The second-order valence-electron chi connectivity index (χ2n) is 6.27. The Bertz CT molecular complexity index is 1100. The van der Waals surface area contributed by atoms with Gasteiger partial charge in [0.05, 0.1) is 11.1 Å². The summed E-state index contributed by atoms with van der Waals surface area (Å²) >= 11 is 0. The van der Waals surface area contributed by atoms with Gasteiger partial charge in [0.2, 0.25) is 0 Å². The number of fused-ring (bicyclic) bond motifs is 1. The fourth-order valence-electron chi connectivity index (χ4n) is 3.13. The van der Waals surface area contributed by atoms with Gasteiger partial charge in [-0.25, -0.2) is 4.98 Å². The molecule has 0 atom stereocenters. The van der Waals surface area contributed by atoms with Crippen LogP contribution in [0.15, 0.2) is 78.9 Å². The number of aromatic nitrogens is 1. The van der Waals surface area contributed by atoms with Crippen LogP contribution in [0.3, 0.4) is 0 Å². The molecule has 0 saturated heterocycles. The monoisotopic (exact) mass is 339 g/mol. The van der Waals surface area contributed by atoms with E-state index in [0.717, 1.165) is 11.1 Å². The quantitative estimate of drug-likeness (QED) is 0.525. The average Bonchev–Trinajstić information content (AvgIpc) is 2.68. The number of carbonyl (C=O) groups excluding carboxylic acids is 1. The van der Waals surface area contributed by atoms with Crippen LogP contribution < -0.4 is 0 Å². The number of rotatable bonds is 3. The molecule has 1 aromatic heterocycles. The smallest absolute Gasteiger partial charge is 0.197 e. The van der Waals surface area contributed by atoms with E-state index in [1.807, 2.05) is 73.7 Å². The molecule has 1 heterocycles. The van der Waals surface area contributed by atoms with E-state index in [-0.39, 0.29) is 11.5 Å². The summed E-state index contributed by atoms with van der Waals surface area (Å²) < 4.78 is 0. The summed E-state index contributed by atoms with van der Waals surface area (Å²) in [4.78, 5) is 17.8. The number of nitrogens with zero attached hydrogens (tertiary/aromatic N) is 1. The Balaban J connectivity index is 2.05. The highest BCUT2D eigenvalue weighted by molar-refractivity contribution is 6.18. The number of carbonyl (C=O) groups is 1. The minimum absolute atomic E-state index is 0.0804. The fraction of sp³-hybridized carbons (Fsp3) is 0.0435. The number of hydrogen-bond donors (Lipinski definition) is 1. The van der Waals surface area contributed by atoms with Crippen molar-refractivity contribution in [1.82, 2.24) is 4.98 Å². The van der Waals surface area contributed by atoms with Crippen LogP contribution in [0.1, 0.15) is 21.5 Å². The first-order valence-corrected chi connectivity index (χ1v) is 8.43. The minimum Gasteiger partial charge on any atom is -0.505 e. The molecule has 4 rings (SSSR count). The van der Waals surface area contributed by atoms with Crippen molar-refractivity contribution in [3.05, 3.63) is 95.6 Å². The normalized spacial score (nSPS) is 10.8.